The summed E-state index contributed by atoms with van der Waals surface area (Å²) in [6.07, 6.45) is 0.500. The lowest BCUT2D eigenvalue weighted by Gasteiger charge is -1.96. The summed E-state index contributed by atoms with van der Waals surface area (Å²) in [6, 6.07) is 0. The number of aliphatic carboxylic acids is 1. The number of carboxylic acid groups (broad SMARTS) is 1. The summed E-state index contributed by atoms with van der Waals surface area (Å²) in [4.78, 5) is 21.2. The third-order valence-electron chi connectivity index (χ3n) is 1.69. The van der Waals surface area contributed by atoms with Gasteiger partial charge in [0.25, 0.3) is 0 Å². The molecule has 0 bridgehead atoms. The predicted molar refractivity (Wildman–Crippen MR) is 34.6 cm³/mol. The number of rotatable bonds is 1. The van der Waals surface area contributed by atoms with Gasteiger partial charge in [-0.25, -0.2) is 0 Å². The van der Waals surface area contributed by atoms with Crippen molar-refractivity contribution in [2.75, 3.05) is 0 Å². The molecule has 2 N–H and O–H groups in total. The van der Waals surface area contributed by atoms with Crippen LogP contribution in [0.1, 0.15) is 12.8 Å². The molecule has 0 radical (unpaired) electrons. The van der Waals surface area contributed by atoms with E-state index >= 15 is 0 Å². The van der Waals surface area contributed by atoms with Crippen molar-refractivity contribution >= 4 is 17.5 Å². The highest BCUT2D eigenvalue weighted by Crippen LogP contribution is 2.19. The molecule has 0 aromatic heterocycles. The maximum absolute atomic E-state index is 10.9. The summed E-state index contributed by atoms with van der Waals surface area (Å²) in [5.41, 5.74) is -0.0302. The molecular formula is C6H7NO4. The second kappa shape index (κ2) is 2.69. The van der Waals surface area contributed by atoms with Crippen molar-refractivity contribution in [1.82, 2.24) is 0 Å². The van der Waals surface area contributed by atoms with Crippen LogP contribution in [0.2, 0.25) is 0 Å². The zero-order valence-corrected chi connectivity index (χ0v) is 5.65. The van der Waals surface area contributed by atoms with Gasteiger partial charge >= 0.3 is 5.97 Å². The SMILES string of the molecule is O=C(O)C1CC/C(=N/O)C1=O. The number of oxime groups is 1. The lowest BCUT2D eigenvalue weighted by atomic mass is 10.1. The fraction of sp³-hybridized carbons (Fsp3) is 0.500. The molecule has 1 aliphatic carbocycles. The Bertz CT molecular complexity index is 233. The van der Waals surface area contributed by atoms with E-state index in [9.17, 15) is 9.59 Å². The third kappa shape index (κ3) is 1.21. The van der Waals surface area contributed by atoms with E-state index in [1.165, 1.54) is 0 Å². The van der Waals surface area contributed by atoms with E-state index in [1.807, 2.05) is 0 Å². The van der Waals surface area contributed by atoms with E-state index in [0.717, 1.165) is 0 Å². The van der Waals surface area contributed by atoms with Gasteiger partial charge in [-0.3, -0.25) is 9.59 Å². The Balaban J connectivity index is 2.79. The molecule has 0 aromatic carbocycles. The van der Waals surface area contributed by atoms with Gasteiger partial charge in [0.1, 0.15) is 11.6 Å². The van der Waals surface area contributed by atoms with Crippen molar-refractivity contribution in [2.24, 2.45) is 11.1 Å². The van der Waals surface area contributed by atoms with Gasteiger partial charge in [0.05, 0.1) is 0 Å². The van der Waals surface area contributed by atoms with Crippen LogP contribution in [0.3, 0.4) is 0 Å². The Morgan fingerprint density at radius 3 is 2.55 bits per heavy atom. The number of hydrogen-bond acceptors (Lipinski definition) is 4. The first kappa shape index (κ1) is 7.71. The van der Waals surface area contributed by atoms with Gasteiger partial charge in [-0.15, -0.1) is 0 Å². The van der Waals surface area contributed by atoms with Gasteiger partial charge in [-0.1, -0.05) is 5.16 Å². The minimum Gasteiger partial charge on any atom is -0.481 e. The maximum Gasteiger partial charge on any atom is 0.314 e. The first-order valence-corrected chi connectivity index (χ1v) is 3.14. The Labute approximate surface area is 62.3 Å². The molecule has 5 nitrogen and oxygen atoms in total. The van der Waals surface area contributed by atoms with Crippen LogP contribution < -0.4 is 0 Å². The molecule has 1 unspecified atom stereocenters. The first-order valence-electron chi connectivity index (χ1n) is 3.14. The molecule has 1 atom stereocenters. The Kier molecular flexibility index (Phi) is 1.89. The lowest BCUT2D eigenvalue weighted by Crippen LogP contribution is -2.21. The van der Waals surface area contributed by atoms with Crippen LogP contribution >= 0.6 is 0 Å². The average Bonchev–Trinajstić information content (AvgIpc) is 2.30. The molecule has 0 aromatic rings. The summed E-state index contributed by atoms with van der Waals surface area (Å²) in [7, 11) is 0. The molecular weight excluding hydrogens is 150 g/mol. The number of nitrogens with zero attached hydrogens (tertiary/aromatic N) is 1. The molecule has 1 saturated carbocycles. The summed E-state index contributed by atoms with van der Waals surface area (Å²) >= 11 is 0. The van der Waals surface area contributed by atoms with Crippen molar-refractivity contribution in [3.63, 3.8) is 0 Å². The lowest BCUT2D eigenvalue weighted by molar-refractivity contribution is -0.144. The second-order valence-corrected chi connectivity index (χ2v) is 2.34. The van der Waals surface area contributed by atoms with Crippen LogP contribution in [0, 0.1) is 5.92 Å². The Hall–Kier alpha value is -1.39. The fourth-order valence-electron chi connectivity index (χ4n) is 1.07. The minimum absolute atomic E-state index is 0.0302. The van der Waals surface area contributed by atoms with E-state index in [1.54, 1.807) is 0 Å². The van der Waals surface area contributed by atoms with Gasteiger partial charge < -0.3 is 10.3 Å². The molecule has 1 rings (SSSR count). The molecule has 0 amide bonds. The minimum atomic E-state index is -1.14. The molecule has 0 spiro atoms. The van der Waals surface area contributed by atoms with Gasteiger partial charge in [0.2, 0.25) is 0 Å². The Morgan fingerprint density at radius 2 is 2.27 bits per heavy atom. The van der Waals surface area contributed by atoms with Crippen molar-refractivity contribution in [2.45, 2.75) is 12.8 Å². The smallest absolute Gasteiger partial charge is 0.314 e. The monoisotopic (exact) mass is 157 g/mol. The summed E-state index contributed by atoms with van der Waals surface area (Å²) < 4.78 is 0. The topological polar surface area (TPSA) is 87.0 Å². The number of carboxylic acids is 1. The highest BCUT2D eigenvalue weighted by molar-refractivity contribution is 6.45. The van der Waals surface area contributed by atoms with E-state index in [4.69, 9.17) is 10.3 Å². The van der Waals surface area contributed by atoms with Gasteiger partial charge in [0.15, 0.2) is 5.78 Å². The standard InChI is InChI=1S/C6H7NO4/c8-5-3(6(9)10)1-2-4(5)7-11/h3,11H,1-2H2,(H,9,10)/b7-4-. The van der Waals surface area contributed by atoms with Crippen LogP contribution in [-0.4, -0.2) is 27.8 Å². The number of carbonyl (C=O) groups excluding carboxylic acids is 1. The number of ketones is 1. The largest absolute Gasteiger partial charge is 0.481 e. The second-order valence-electron chi connectivity index (χ2n) is 2.34. The van der Waals surface area contributed by atoms with Gasteiger partial charge in [0, 0.05) is 0 Å². The van der Waals surface area contributed by atoms with Crippen molar-refractivity contribution < 1.29 is 19.9 Å². The third-order valence-corrected chi connectivity index (χ3v) is 1.69. The van der Waals surface area contributed by atoms with Crippen LogP contribution in [0.15, 0.2) is 5.16 Å². The quantitative estimate of drug-likeness (QED) is 0.315. The van der Waals surface area contributed by atoms with Crippen molar-refractivity contribution in [3.8, 4) is 0 Å². The maximum atomic E-state index is 10.9. The van der Waals surface area contributed by atoms with E-state index in [2.05, 4.69) is 5.16 Å². The molecule has 0 heterocycles. The molecule has 0 aliphatic heterocycles. The number of Topliss-reactive ketones (excluding diaryl/α,β-unsaturated/α-hetero) is 1. The zero-order valence-electron chi connectivity index (χ0n) is 5.65. The van der Waals surface area contributed by atoms with Crippen molar-refractivity contribution in [3.05, 3.63) is 0 Å². The molecule has 60 valence electrons. The normalized spacial score (nSPS) is 27.8. The van der Waals surface area contributed by atoms with Crippen LogP contribution in [0.4, 0.5) is 0 Å². The zero-order chi connectivity index (χ0) is 8.43. The van der Waals surface area contributed by atoms with Crippen LogP contribution in [0.5, 0.6) is 0 Å². The number of carbonyl (C=O) groups is 2. The van der Waals surface area contributed by atoms with E-state index < -0.39 is 17.7 Å². The van der Waals surface area contributed by atoms with Crippen molar-refractivity contribution in [1.29, 1.82) is 0 Å². The highest BCUT2D eigenvalue weighted by atomic mass is 16.4. The molecule has 0 saturated heterocycles. The number of hydrogen-bond donors (Lipinski definition) is 2. The summed E-state index contributed by atoms with van der Waals surface area (Å²) in [5.74, 6) is -2.71. The molecule has 1 fully saturated rings. The van der Waals surface area contributed by atoms with Gasteiger partial charge in [-0.2, -0.15) is 0 Å². The Morgan fingerprint density at radius 1 is 1.64 bits per heavy atom. The van der Waals surface area contributed by atoms with Gasteiger partial charge in [-0.05, 0) is 12.8 Å². The molecule has 1 aliphatic rings. The average molecular weight is 157 g/mol. The van der Waals surface area contributed by atoms with E-state index in [-0.39, 0.29) is 18.6 Å². The molecule has 11 heavy (non-hydrogen) atoms. The predicted octanol–water partition coefficient (Wildman–Crippen LogP) is -0.120. The highest BCUT2D eigenvalue weighted by Gasteiger charge is 2.36. The summed E-state index contributed by atoms with van der Waals surface area (Å²) in [5, 5.41) is 19.4. The van der Waals surface area contributed by atoms with E-state index in [0.29, 0.717) is 0 Å². The fourth-order valence-corrected chi connectivity index (χ4v) is 1.07. The van der Waals surface area contributed by atoms with Crippen LogP contribution in [0.25, 0.3) is 0 Å². The first-order chi connectivity index (χ1) is 5.16. The van der Waals surface area contributed by atoms with Crippen LogP contribution in [-0.2, 0) is 9.59 Å². The summed E-state index contributed by atoms with van der Waals surface area (Å²) in [6.45, 7) is 0. The molecule has 5 heteroatoms.